The number of carbonyl (C=O) groups excluding carboxylic acids is 2. The number of ether oxygens (including phenoxy) is 3. The summed E-state index contributed by atoms with van der Waals surface area (Å²) in [6.07, 6.45) is 0.624. The minimum Gasteiger partial charge on any atom is -0.497 e. The highest BCUT2D eigenvalue weighted by atomic mass is 16.5. The Morgan fingerprint density at radius 2 is 1.41 bits per heavy atom. The van der Waals surface area contributed by atoms with Crippen LogP contribution in [0.5, 0.6) is 17.2 Å². The Kier molecular flexibility index (Phi) is 7.49. The Hall–Kier alpha value is -3.22. The van der Waals surface area contributed by atoms with Crippen LogP contribution in [-0.4, -0.2) is 39.7 Å². The maximum Gasteiger partial charge on any atom is 0.309 e. The minimum absolute atomic E-state index is 0.213. The molecule has 0 unspecified atom stereocenters. The first-order chi connectivity index (χ1) is 13.1. The van der Waals surface area contributed by atoms with Gasteiger partial charge in [-0.15, -0.1) is 0 Å². The summed E-state index contributed by atoms with van der Waals surface area (Å²) >= 11 is 0. The van der Waals surface area contributed by atoms with E-state index in [1.54, 1.807) is 32.4 Å². The number of hydrogen-bond acceptors (Lipinski definition) is 5. The summed E-state index contributed by atoms with van der Waals surface area (Å²) in [6, 6.07) is 12.8. The number of methoxy groups -OCH3 is 3. The van der Waals surface area contributed by atoms with Crippen LogP contribution < -0.4 is 24.8 Å². The molecule has 0 atom stereocenters. The second-order valence-electron chi connectivity index (χ2n) is 5.73. The lowest BCUT2D eigenvalue weighted by Crippen LogP contribution is -2.40. The van der Waals surface area contributed by atoms with Crippen LogP contribution in [0.25, 0.3) is 0 Å². The normalized spacial score (nSPS) is 10.0. The molecule has 2 N–H and O–H groups in total. The molecule has 0 spiro atoms. The van der Waals surface area contributed by atoms with Gasteiger partial charge in [0.05, 0.1) is 21.3 Å². The van der Waals surface area contributed by atoms with Crippen LogP contribution in [0.3, 0.4) is 0 Å². The molecule has 144 valence electrons. The van der Waals surface area contributed by atoms with Gasteiger partial charge >= 0.3 is 11.8 Å². The predicted octanol–water partition coefficient (Wildman–Crippen LogP) is 1.69. The molecule has 0 aliphatic carbocycles. The van der Waals surface area contributed by atoms with Gasteiger partial charge in [0.2, 0.25) is 0 Å². The van der Waals surface area contributed by atoms with Crippen LogP contribution in [0.2, 0.25) is 0 Å². The molecule has 7 heteroatoms. The molecule has 0 aromatic heterocycles. The lowest BCUT2D eigenvalue weighted by Gasteiger charge is -2.10. The van der Waals surface area contributed by atoms with Crippen molar-refractivity contribution in [2.75, 3.05) is 27.9 Å². The van der Waals surface area contributed by atoms with Crippen LogP contribution in [-0.2, 0) is 22.6 Å². The summed E-state index contributed by atoms with van der Waals surface area (Å²) in [5.74, 6) is 0.595. The molecule has 0 aliphatic heterocycles. The Balaban J connectivity index is 1.77. The van der Waals surface area contributed by atoms with Crippen molar-refractivity contribution >= 4 is 11.8 Å². The van der Waals surface area contributed by atoms with Gasteiger partial charge in [-0.1, -0.05) is 18.2 Å². The van der Waals surface area contributed by atoms with Gasteiger partial charge in [0.25, 0.3) is 0 Å². The van der Waals surface area contributed by atoms with Gasteiger partial charge in [0, 0.05) is 13.1 Å². The smallest absolute Gasteiger partial charge is 0.309 e. The number of carbonyl (C=O) groups is 2. The minimum atomic E-state index is -0.681. The van der Waals surface area contributed by atoms with Crippen LogP contribution >= 0.6 is 0 Å². The number of hydrogen-bond donors (Lipinski definition) is 2. The van der Waals surface area contributed by atoms with E-state index in [9.17, 15) is 9.59 Å². The summed E-state index contributed by atoms with van der Waals surface area (Å²) in [7, 11) is 4.70. The van der Waals surface area contributed by atoms with Crippen LogP contribution in [0, 0.1) is 0 Å². The third-order valence-electron chi connectivity index (χ3n) is 3.97. The first kappa shape index (κ1) is 20.1. The average molecular weight is 372 g/mol. The van der Waals surface area contributed by atoms with E-state index in [1.165, 1.54) is 7.11 Å². The summed E-state index contributed by atoms with van der Waals surface area (Å²) < 4.78 is 15.5. The van der Waals surface area contributed by atoms with Gasteiger partial charge in [-0.2, -0.15) is 0 Å². The highest BCUT2D eigenvalue weighted by molar-refractivity contribution is 6.35. The zero-order valence-corrected chi connectivity index (χ0v) is 15.7. The molecule has 2 aromatic carbocycles. The van der Waals surface area contributed by atoms with Crippen LogP contribution in [0.15, 0.2) is 42.5 Å². The van der Waals surface area contributed by atoms with Crippen molar-refractivity contribution in [2.24, 2.45) is 0 Å². The fourth-order valence-corrected chi connectivity index (χ4v) is 2.45. The third kappa shape index (κ3) is 5.91. The molecule has 0 radical (unpaired) electrons. The topological polar surface area (TPSA) is 85.9 Å². The predicted molar refractivity (Wildman–Crippen MR) is 101 cm³/mol. The Morgan fingerprint density at radius 1 is 0.778 bits per heavy atom. The Morgan fingerprint density at radius 3 is 2.04 bits per heavy atom. The van der Waals surface area contributed by atoms with E-state index in [0.29, 0.717) is 24.5 Å². The lowest BCUT2D eigenvalue weighted by molar-refractivity contribution is -0.139. The van der Waals surface area contributed by atoms with Crippen LogP contribution in [0.1, 0.15) is 11.1 Å². The molecule has 2 amide bonds. The van der Waals surface area contributed by atoms with E-state index in [-0.39, 0.29) is 6.54 Å². The zero-order chi connectivity index (χ0) is 19.6. The van der Waals surface area contributed by atoms with Crippen molar-refractivity contribution in [1.29, 1.82) is 0 Å². The molecule has 0 bridgehead atoms. The van der Waals surface area contributed by atoms with Crippen molar-refractivity contribution in [2.45, 2.75) is 13.0 Å². The molecular weight excluding hydrogens is 348 g/mol. The largest absolute Gasteiger partial charge is 0.497 e. The Labute approximate surface area is 158 Å². The van der Waals surface area contributed by atoms with E-state index in [0.717, 1.165) is 16.9 Å². The third-order valence-corrected chi connectivity index (χ3v) is 3.97. The SMILES string of the molecule is COc1ccc(CCNC(=O)C(=O)NCc2ccc(OC)c(OC)c2)cc1. The summed E-state index contributed by atoms with van der Waals surface area (Å²) in [4.78, 5) is 23.8. The highest BCUT2D eigenvalue weighted by Crippen LogP contribution is 2.27. The van der Waals surface area contributed by atoms with E-state index in [1.807, 2.05) is 24.3 Å². The molecular formula is C20H24N2O5. The number of rotatable bonds is 8. The highest BCUT2D eigenvalue weighted by Gasteiger charge is 2.13. The van der Waals surface area contributed by atoms with Crippen molar-refractivity contribution < 1.29 is 23.8 Å². The van der Waals surface area contributed by atoms with E-state index >= 15 is 0 Å². The maximum absolute atomic E-state index is 11.9. The van der Waals surface area contributed by atoms with Gasteiger partial charge < -0.3 is 24.8 Å². The second kappa shape index (κ2) is 10.1. The summed E-state index contributed by atoms with van der Waals surface area (Å²) in [5, 5.41) is 5.20. The van der Waals surface area contributed by atoms with E-state index < -0.39 is 11.8 Å². The van der Waals surface area contributed by atoms with Gasteiger partial charge in [0.15, 0.2) is 11.5 Å². The lowest BCUT2D eigenvalue weighted by atomic mass is 10.1. The average Bonchev–Trinajstić information content (AvgIpc) is 2.72. The first-order valence-electron chi connectivity index (χ1n) is 8.47. The van der Waals surface area contributed by atoms with Gasteiger partial charge in [-0.05, 0) is 41.8 Å². The second-order valence-corrected chi connectivity index (χ2v) is 5.73. The molecule has 2 rings (SSSR count). The molecule has 27 heavy (non-hydrogen) atoms. The molecule has 0 saturated heterocycles. The Bertz CT molecular complexity index is 774. The molecule has 0 aliphatic rings. The quantitative estimate of drug-likeness (QED) is 0.689. The number of benzene rings is 2. The van der Waals surface area contributed by atoms with E-state index in [2.05, 4.69) is 10.6 Å². The molecule has 2 aromatic rings. The van der Waals surface area contributed by atoms with Gasteiger partial charge in [-0.3, -0.25) is 9.59 Å². The maximum atomic E-state index is 11.9. The van der Waals surface area contributed by atoms with Crippen LogP contribution in [0.4, 0.5) is 0 Å². The van der Waals surface area contributed by atoms with Crippen molar-refractivity contribution in [3.8, 4) is 17.2 Å². The van der Waals surface area contributed by atoms with Gasteiger partial charge in [-0.25, -0.2) is 0 Å². The first-order valence-corrected chi connectivity index (χ1v) is 8.47. The van der Waals surface area contributed by atoms with E-state index in [4.69, 9.17) is 14.2 Å². The molecule has 0 heterocycles. The summed E-state index contributed by atoms with van der Waals surface area (Å²) in [5.41, 5.74) is 1.84. The van der Waals surface area contributed by atoms with Crippen molar-refractivity contribution in [1.82, 2.24) is 10.6 Å². The molecule has 0 fully saturated rings. The van der Waals surface area contributed by atoms with Crippen molar-refractivity contribution in [3.63, 3.8) is 0 Å². The summed E-state index contributed by atoms with van der Waals surface area (Å²) in [6.45, 7) is 0.583. The fourth-order valence-electron chi connectivity index (χ4n) is 2.45. The fraction of sp³-hybridized carbons (Fsp3) is 0.300. The molecule has 7 nitrogen and oxygen atoms in total. The molecule has 0 saturated carbocycles. The number of nitrogens with one attached hydrogen (secondary N) is 2. The van der Waals surface area contributed by atoms with Gasteiger partial charge in [0.1, 0.15) is 5.75 Å². The standard InChI is InChI=1S/C20H24N2O5/c1-25-16-7-4-14(5-8-16)10-11-21-19(23)20(24)22-13-15-6-9-17(26-2)18(12-15)27-3/h4-9,12H,10-11,13H2,1-3H3,(H,21,23)(H,22,24). The monoisotopic (exact) mass is 372 g/mol. The van der Waals surface area contributed by atoms with Crippen molar-refractivity contribution in [3.05, 3.63) is 53.6 Å². The zero-order valence-electron chi connectivity index (χ0n) is 15.7. The number of amides is 2.